The summed E-state index contributed by atoms with van der Waals surface area (Å²) in [6, 6.07) is 28.5. The Bertz CT molecular complexity index is 1380. The minimum atomic E-state index is -0.656. The number of nitrogens with zero attached hydrogens (tertiary/aromatic N) is 2. The molecule has 4 aromatic rings. The van der Waals surface area contributed by atoms with Crippen molar-refractivity contribution in [3.8, 4) is 5.88 Å². The molecule has 2 fully saturated rings. The van der Waals surface area contributed by atoms with Crippen LogP contribution in [0.2, 0.25) is 0 Å². The predicted octanol–water partition coefficient (Wildman–Crippen LogP) is 5.69. The SMILES string of the molecule is O=C1N[C@@H](Cc2cc(F)cc(F)c2)[C@@H]([C@H]2C[C@H](Oc3ccccn3)CN2C(c2ccccc2)c2ccccc2)O1. The summed E-state index contributed by atoms with van der Waals surface area (Å²) in [7, 11) is 0. The van der Waals surface area contributed by atoms with Crippen LogP contribution in [0.25, 0.3) is 0 Å². The maximum atomic E-state index is 14.0. The number of aromatic nitrogens is 1. The maximum absolute atomic E-state index is 14.0. The van der Waals surface area contributed by atoms with E-state index in [2.05, 4.69) is 39.5 Å². The van der Waals surface area contributed by atoms with E-state index in [1.807, 2.05) is 54.6 Å². The van der Waals surface area contributed by atoms with Gasteiger partial charge in [0.15, 0.2) is 0 Å². The van der Waals surface area contributed by atoms with E-state index in [1.165, 1.54) is 12.1 Å². The van der Waals surface area contributed by atoms with Crippen LogP contribution in [0.3, 0.4) is 0 Å². The van der Waals surface area contributed by atoms with E-state index in [1.54, 1.807) is 6.20 Å². The second-order valence-electron chi connectivity index (χ2n) is 10.2. The number of likely N-dealkylation sites (tertiary alicyclic amines) is 1. The first-order valence-electron chi connectivity index (χ1n) is 13.4. The lowest BCUT2D eigenvalue weighted by Crippen LogP contribution is -2.48. The number of amides is 1. The van der Waals surface area contributed by atoms with Crippen LogP contribution < -0.4 is 10.1 Å². The molecule has 0 unspecified atom stereocenters. The number of hydrogen-bond acceptors (Lipinski definition) is 5. The molecule has 6 rings (SSSR count). The second-order valence-corrected chi connectivity index (χ2v) is 10.2. The van der Waals surface area contributed by atoms with Crippen molar-refractivity contribution < 1.29 is 23.0 Å². The molecular formula is C32H29F2N3O3. The number of halogens is 2. The van der Waals surface area contributed by atoms with E-state index < -0.39 is 29.9 Å². The number of nitrogens with one attached hydrogen (secondary N) is 1. The number of carbonyl (C=O) groups excluding carboxylic acids is 1. The average Bonchev–Trinajstić information content (AvgIpc) is 3.52. The summed E-state index contributed by atoms with van der Waals surface area (Å²) in [5.41, 5.74) is 2.64. The first kappa shape index (κ1) is 26.0. The van der Waals surface area contributed by atoms with Crippen LogP contribution in [0, 0.1) is 11.6 Å². The molecule has 3 heterocycles. The van der Waals surface area contributed by atoms with Gasteiger partial charge in [-0.3, -0.25) is 4.90 Å². The summed E-state index contributed by atoms with van der Waals surface area (Å²) < 4.78 is 40.2. The van der Waals surface area contributed by atoms with Gasteiger partial charge >= 0.3 is 6.09 Å². The Hall–Kier alpha value is -4.30. The van der Waals surface area contributed by atoms with Gasteiger partial charge < -0.3 is 14.8 Å². The summed E-state index contributed by atoms with van der Waals surface area (Å²) in [4.78, 5) is 19.3. The normalized spacial score (nSPS) is 22.7. The molecule has 2 saturated heterocycles. The van der Waals surface area contributed by atoms with Crippen molar-refractivity contribution in [3.05, 3.63) is 132 Å². The Balaban J connectivity index is 1.37. The predicted molar refractivity (Wildman–Crippen MR) is 146 cm³/mol. The fourth-order valence-corrected chi connectivity index (χ4v) is 5.96. The first-order chi connectivity index (χ1) is 19.5. The minimum Gasteiger partial charge on any atom is -0.473 e. The van der Waals surface area contributed by atoms with Gasteiger partial charge in [0.1, 0.15) is 23.8 Å². The largest absolute Gasteiger partial charge is 0.473 e. The van der Waals surface area contributed by atoms with Crippen molar-refractivity contribution >= 4 is 6.09 Å². The number of pyridine rings is 1. The zero-order valence-electron chi connectivity index (χ0n) is 21.7. The lowest BCUT2D eigenvalue weighted by molar-refractivity contribution is 0.0530. The van der Waals surface area contributed by atoms with Crippen LogP contribution in [0.5, 0.6) is 5.88 Å². The lowest BCUT2D eigenvalue weighted by atomic mass is 9.92. The topological polar surface area (TPSA) is 63.7 Å². The molecule has 204 valence electrons. The fourth-order valence-electron chi connectivity index (χ4n) is 5.96. The van der Waals surface area contributed by atoms with Gasteiger partial charge in [-0.05, 0) is 41.3 Å². The van der Waals surface area contributed by atoms with Gasteiger partial charge in [0.2, 0.25) is 5.88 Å². The summed E-state index contributed by atoms with van der Waals surface area (Å²) in [5.74, 6) is -0.787. The van der Waals surface area contributed by atoms with Crippen LogP contribution in [0.1, 0.15) is 29.2 Å². The molecule has 3 aromatic carbocycles. The maximum Gasteiger partial charge on any atom is 0.407 e. The number of carbonyl (C=O) groups is 1. The van der Waals surface area contributed by atoms with E-state index in [4.69, 9.17) is 9.47 Å². The number of rotatable bonds is 8. The molecule has 4 atom stereocenters. The highest BCUT2D eigenvalue weighted by molar-refractivity contribution is 5.70. The van der Waals surface area contributed by atoms with E-state index in [9.17, 15) is 13.6 Å². The summed E-state index contributed by atoms with van der Waals surface area (Å²) in [6.45, 7) is 0.561. The molecule has 1 amide bonds. The molecule has 0 bridgehead atoms. The number of ether oxygens (including phenoxy) is 2. The number of alkyl carbamates (subject to hydrolysis) is 1. The Kier molecular flexibility index (Phi) is 7.42. The summed E-state index contributed by atoms with van der Waals surface area (Å²) in [6.07, 6.45) is 1.14. The Morgan fingerprint density at radius 3 is 2.20 bits per heavy atom. The van der Waals surface area contributed by atoms with E-state index in [0.717, 1.165) is 17.2 Å². The van der Waals surface area contributed by atoms with Gasteiger partial charge in [-0.2, -0.15) is 0 Å². The molecule has 6 nitrogen and oxygen atoms in total. The minimum absolute atomic E-state index is 0.142. The van der Waals surface area contributed by atoms with Crippen LogP contribution in [0.15, 0.2) is 103 Å². The molecule has 2 aliphatic rings. The Morgan fingerprint density at radius 1 is 0.925 bits per heavy atom. The van der Waals surface area contributed by atoms with Crippen molar-refractivity contribution in [1.82, 2.24) is 15.2 Å². The quantitative estimate of drug-likeness (QED) is 0.311. The standard InChI is InChI=1S/C32H29F2N3O3/c33-24-15-21(16-25(34)18-24)17-27-31(40-32(38)36-27)28-19-26(39-29-13-7-8-14-35-29)20-37(28)30(22-9-3-1-4-10-22)23-11-5-2-6-12-23/h1-16,18,26-28,30-31H,17,19-20H2,(H,36,38)/t26-,27-,28+,31-/m0/s1. The molecule has 0 saturated carbocycles. The van der Waals surface area contributed by atoms with Crippen LogP contribution in [-0.2, 0) is 11.2 Å². The third-order valence-electron chi connectivity index (χ3n) is 7.53. The lowest BCUT2D eigenvalue weighted by Gasteiger charge is -2.36. The molecule has 0 spiro atoms. The number of hydrogen-bond donors (Lipinski definition) is 1. The van der Waals surface area contributed by atoms with Crippen LogP contribution >= 0.6 is 0 Å². The smallest absolute Gasteiger partial charge is 0.407 e. The third-order valence-corrected chi connectivity index (χ3v) is 7.53. The molecule has 1 aromatic heterocycles. The van der Waals surface area contributed by atoms with Crippen molar-refractivity contribution in [3.63, 3.8) is 0 Å². The number of benzene rings is 3. The van der Waals surface area contributed by atoms with Crippen LogP contribution in [0.4, 0.5) is 13.6 Å². The summed E-state index contributed by atoms with van der Waals surface area (Å²) >= 11 is 0. The number of cyclic esters (lactones) is 1. The highest BCUT2D eigenvalue weighted by Crippen LogP contribution is 2.39. The van der Waals surface area contributed by atoms with Crippen molar-refractivity contribution in [2.75, 3.05) is 6.54 Å². The van der Waals surface area contributed by atoms with Crippen molar-refractivity contribution in [1.29, 1.82) is 0 Å². The van der Waals surface area contributed by atoms with Crippen molar-refractivity contribution in [2.45, 2.75) is 43.2 Å². The van der Waals surface area contributed by atoms with Crippen molar-refractivity contribution in [2.24, 2.45) is 0 Å². The molecule has 40 heavy (non-hydrogen) atoms. The van der Waals surface area contributed by atoms with Gasteiger partial charge in [0.05, 0.1) is 18.1 Å². The van der Waals surface area contributed by atoms with E-state index in [0.29, 0.717) is 24.4 Å². The van der Waals surface area contributed by atoms with Gasteiger partial charge in [0.25, 0.3) is 0 Å². The zero-order chi connectivity index (χ0) is 27.5. The second kappa shape index (κ2) is 11.4. The van der Waals surface area contributed by atoms with Gasteiger partial charge in [0, 0.05) is 31.3 Å². The van der Waals surface area contributed by atoms with Gasteiger partial charge in [-0.25, -0.2) is 18.6 Å². The molecular weight excluding hydrogens is 512 g/mol. The zero-order valence-corrected chi connectivity index (χ0v) is 21.7. The van der Waals surface area contributed by atoms with Gasteiger partial charge in [-0.1, -0.05) is 66.7 Å². The highest BCUT2D eigenvalue weighted by atomic mass is 19.1. The molecule has 0 aliphatic carbocycles. The van der Waals surface area contributed by atoms with E-state index >= 15 is 0 Å². The monoisotopic (exact) mass is 541 g/mol. The average molecular weight is 542 g/mol. The summed E-state index contributed by atoms with van der Waals surface area (Å²) in [5, 5.41) is 2.89. The molecule has 8 heteroatoms. The Labute approximate surface area is 231 Å². The molecule has 0 radical (unpaired) electrons. The third kappa shape index (κ3) is 5.67. The van der Waals surface area contributed by atoms with E-state index in [-0.39, 0.29) is 24.6 Å². The Morgan fingerprint density at radius 2 is 1.57 bits per heavy atom. The first-order valence-corrected chi connectivity index (χ1v) is 13.4. The molecule has 2 aliphatic heterocycles. The highest BCUT2D eigenvalue weighted by Gasteiger charge is 2.49. The molecule has 1 N–H and O–H groups in total. The van der Waals surface area contributed by atoms with Crippen LogP contribution in [-0.4, -0.2) is 46.8 Å². The fraction of sp³-hybridized carbons (Fsp3) is 0.250. The van der Waals surface area contributed by atoms with Gasteiger partial charge in [-0.15, -0.1) is 0 Å².